The lowest BCUT2D eigenvalue weighted by Gasteiger charge is -2.28. The average molecular weight is 422 g/mol. The summed E-state index contributed by atoms with van der Waals surface area (Å²) >= 11 is 5.69. The quantitative estimate of drug-likeness (QED) is 0.571. The first kappa shape index (κ1) is 20.5. The van der Waals surface area contributed by atoms with Crippen LogP contribution in [-0.4, -0.2) is 42.8 Å². The van der Waals surface area contributed by atoms with Crippen molar-refractivity contribution in [3.05, 3.63) is 83.2 Å². The highest BCUT2D eigenvalue weighted by molar-refractivity contribution is 7.80. The molecule has 30 heavy (non-hydrogen) atoms. The lowest BCUT2D eigenvalue weighted by Crippen LogP contribution is -2.31. The SMILES string of the molecule is Cc1cc([C@H]2[C@H](c3ccccn3)NC(=S)N2CCCO)c(C)n1Cc1ccncc1. The van der Waals surface area contributed by atoms with Gasteiger partial charge < -0.3 is 19.9 Å². The smallest absolute Gasteiger partial charge is 0.170 e. The van der Waals surface area contributed by atoms with Gasteiger partial charge in [-0.2, -0.15) is 0 Å². The summed E-state index contributed by atoms with van der Waals surface area (Å²) in [6, 6.07) is 12.3. The van der Waals surface area contributed by atoms with Crippen molar-refractivity contribution in [2.24, 2.45) is 0 Å². The summed E-state index contributed by atoms with van der Waals surface area (Å²) < 4.78 is 2.34. The second-order valence-electron chi connectivity index (χ2n) is 7.67. The molecule has 1 saturated heterocycles. The van der Waals surface area contributed by atoms with Gasteiger partial charge in [-0.1, -0.05) is 6.07 Å². The van der Waals surface area contributed by atoms with Crippen molar-refractivity contribution >= 4 is 17.3 Å². The van der Waals surface area contributed by atoms with Crippen molar-refractivity contribution in [2.75, 3.05) is 13.2 Å². The van der Waals surface area contributed by atoms with Gasteiger partial charge in [0.25, 0.3) is 0 Å². The topological polar surface area (TPSA) is 66.2 Å². The maximum absolute atomic E-state index is 9.41. The zero-order chi connectivity index (χ0) is 21.1. The number of aryl methyl sites for hydroxylation is 1. The van der Waals surface area contributed by atoms with Gasteiger partial charge in [0.1, 0.15) is 0 Å². The average Bonchev–Trinajstić information content (AvgIpc) is 3.24. The van der Waals surface area contributed by atoms with Gasteiger partial charge in [0, 0.05) is 49.7 Å². The third-order valence-corrected chi connectivity index (χ3v) is 6.13. The van der Waals surface area contributed by atoms with Gasteiger partial charge in [0.05, 0.1) is 17.8 Å². The molecule has 1 fully saturated rings. The predicted octanol–water partition coefficient (Wildman–Crippen LogP) is 3.30. The number of nitrogens with one attached hydrogen (secondary N) is 1. The molecule has 6 nitrogen and oxygen atoms in total. The van der Waals surface area contributed by atoms with Crippen molar-refractivity contribution in [3.8, 4) is 0 Å². The van der Waals surface area contributed by atoms with Gasteiger partial charge in [0.15, 0.2) is 5.11 Å². The van der Waals surface area contributed by atoms with Gasteiger partial charge in [0.2, 0.25) is 0 Å². The van der Waals surface area contributed by atoms with E-state index in [0.717, 1.165) is 12.2 Å². The summed E-state index contributed by atoms with van der Waals surface area (Å²) in [5.41, 5.74) is 5.85. The Morgan fingerprint density at radius 1 is 1.13 bits per heavy atom. The van der Waals surface area contributed by atoms with Crippen LogP contribution < -0.4 is 5.32 Å². The molecule has 3 aromatic heterocycles. The zero-order valence-corrected chi connectivity index (χ0v) is 18.1. The van der Waals surface area contributed by atoms with Gasteiger partial charge >= 0.3 is 0 Å². The first-order chi connectivity index (χ1) is 14.6. The molecule has 0 bridgehead atoms. The predicted molar refractivity (Wildman–Crippen MR) is 121 cm³/mol. The van der Waals surface area contributed by atoms with E-state index in [2.05, 4.69) is 56.8 Å². The largest absolute Gasteiger partial charge is 0.396 e. The monoisotopic (exact) mass is 421 g/mol. The summed E-state index contributed by atoms with van der Waals surface area (Å²) in [7, 11) is 0. The number of pyridine rings is 2. The van der Waals surface area contributed by atoms with E-state index >= 15 is 0 Å². The zero-order valence-electron chi connectivity index (χ0n) is 17.3. The Balaban J connectivity index is 1.74. The molecule has 1 aliphatic rings. The summed E-state index contributed by atoms with van der Waals surface area (Å²) in [6.07, 6.45) is 6.15. The molecule has 2 atom stereocenters. The van der Waals surface area contributed by atoms with Crippen LogP contribution in [0.5, 0.6) is 0 Å². The number of aromatic nitrogens is 3. The van der Waals surface area contributed by atoms with Gasteiger partial charge in [-0.05, 0) is 73.9 Å². The van der Waals surface area contributed by atoms with E-state index in [1.165, 1.54) is 22.5 Å². The van der Waals surface area contributed by atoms with Crippen molar-refractivity contribution in [3.63, 3.8) is 0 Å². The molecule has 4 rings (SSSR count). The third kappa shape index (κ3) is 3.95. The van der Waals surface area contributed by atoms with Crippen molar-refractivity contribution in [2.45, 2.75) is 38.9 Å². The van der Waals surface area contributed by atoms with E-state index in [-0.39, 0.29) is 18.7 Å². The van der Waals surface area contributed by atoms with Crippen molar-refractivity contribution in [1.82, 2.24) is 24.8 Å². The first-order valence-corrected chi connectivity index (χ1v) is 10.7. The number of aliphatic hydroxyl groups excluding tert-OH is 1. The highest BCUT2D eigenvalue weighted by Crippen LogP contribution is 2.40. The summed E-state index contributed by atoms with van der Waals surface area (Å²) in [6.45, 7) is 5.96. The van der Waals surface area contributed by atoms with Crippen LogP contribution >= 0.6 is 12.2 Å². The lowest BCUT2D eigenvalue weighted by atomic mass is 9.96. The number of thiocarbonyl (C=S) groups is 1. The summed E-state index contributed by atoms with van der Waals surface area (Å²) in [5.74, 6) is 0. The minimum atomic E-state index is -0.0349. The fourth-order valence-corrected chi connectivity index (χ4v) is 4.60. The Labute approximate surface area is 182 Å². The van der Waals surface area contributed by atoms with E-state index in [1.54, 1.807) is 0 Å². The Hall–Kier alpha value is -2.77. The van der Waals surface area contributed by atoms with Crippen LogP contribution in [0.15, 0.2) is 55.0 Å². The molecule has 0 aromatic carbocycles. The highest BCUT2D eigenvalue weighted by Gasteiger charge is 2.40. The maximum Gasteiger partial charge on any atom is 0.170 e. The summed E-state index contributed by atoms with van der Waals surface area (Å²) in [5, 5.41) is 13.6. The number of hydrogen-bond acceptors (Lipinski definition) is 4. The molecular formula is C23H27N5OS. The molecule has 0 amide bonds. The molecule has 0 saturated carbocycles. The molecule has 3 aromatic rings. The van der Waals surface area contributed by atoms with E-state index in [9.17, 15) is 5.11 Å². The van der Waals surface area contributed by atoms with Crippen LogP contribution in [0.1, 0.15) is 46.7 Å². The Morgan fingerprint density at radius 2 is 1.93 bits per heavy atom. The van der Waals surface area contributed by atoms with E-state index in [4.69, 9.17) is 12.2 Å². The maximum atomic E-state index is 9.41. The Kier molecular flexibility index (Phi) is 6.11. The van der Waals surface area contributed by atoms with Crippen LogP contribution in [0, 0.1) is 13.8 Å². The molecule has 4 heterocycles. The molecule has 0 spiro atoms. The lowest BCUT2D eigenvalue weighted by molar-refractivity contribution is 0.247. The third-order valence-electron chi connectivity index (χ3n) is 5.78. The van der Waals surface area contributed by atoms with Crippen LogP contribution in [0.3, 0.4) is 0 Å². The minimum Gasteiger partial charge on any atom is -0.396 e. The van der Waals surface area contributed by atoms with Crippen LogP contribution in [0.4, 0.5) is 0 Å². The molecule has 0 unspecified atom stereocenters. The first-order valence-electron chi connectivity index (χ1n) is 10.2. The summed E-state index contributed by atoms with van der Waals surface area (Å²) in [4.78, 5) is 10.9. The van der Waals surface area contributed by atoms with Crippen LogP contribution in [-0.2, 0) is 6.54 Å². The second kappa shape index (κ2) is 8.93. The fourth-order valence-electron chi connectivity index (χ4n) is 4.27. The van der Waals surface area contributed by atoms with Crippen molar-refractivity contribution in [1.29, 1.82) is 0 Å². The second-order valence-corrected chi connectivity index (χ2v) is 8.05. The normalized spacial score (nSPS) is 18.6. The Bertz CT molecular complexity index is 1010. The molecular weight excluding hydrogens is 394 g/mol. The minimum absolute atomic E-state index is 0.0244. The number of aliphatic hydroxyl groups is 1. The molecule has 156 valence electrons. The molecule has 0 aliphatic carbocycles. The molecule has 7 heteroatoms. The van der Waals surface area contributed by atoms with E-state index < -0.39 is 0 Å². The van der Waals surface area contributed by atoms with Gasteiger partial charge in [-0.3, -0.25) is 9.97 Å². The van der Waals surface area contributed by atoms with E-state index in [0.29, 0.717) is 18.1 Å². The van der Waals surface area contributed by atoms with Crippen molar-refractivity contribution < 1.29 is 5.11 Å². The number of nitrogens with zero attached hydrogens (tertiary/aromatic N) is 4. The number of hydrogen-bond donors (Lipinski definition) is 2. The molecule has 2 N–H and O–H groups in total. The van der Waals surface area contributed by atoms with Gasteiger partial charge in [-0.15, -0.1) is 0 Å². The molecule has 0 radical (unpaired) electrons. The molecule has 1 aliphatic heterocycles. The van der Waals surface area contributed by atoms with Crippen LogP contribution in [0.25, 0.3) is 0 Å². The van der Waals surface area contributed by atoms with Crippen LogP contribution in [0.2, 0.25) is 0 Å². The standard InChI is InChI=1S/C23H27N5OS/c1-16-14-19(17(2)28(16)15-18-7-10-24-11-8-18)22-21(20-6-3-4-9-25-20)26-23(30)27(22)12-5-13-29/h3-4,6-11,14,21-22,29H,5,12-13,15H2,1-2H3,(H,26,30)/t21-,22-/m0/s1. The van der Waals surface area contributed by atoms with Gasteiger partial charge in [-0.25, -0.2) is 0 Å². The Morgan fingerprint density at radius 3 is 2.63 bits per heavy atom. The van der Waals surface area contributed by atoms with E-state index in [1.807, 2.05) is 36.8 Å². The highest BCUT2D eigenvalue weighted by atomic mass is 32.1. The number of rotatable bonds is 7. The fraction of sp³-hybridized carbons (Fsp3) is 0.348.